The van der Waals surface area contributed by atoms with Crippen molar-refractivity contribution in [3.8, 4) is 0 Å². The maximum atomic E-state index is 3.55. The van der Waals surface area contributed by atoms with Gasteiger partial charge in [0.25, 0.3) is 0 Å². The minimum absolute atomic E-state index is 0. The molecular formula is C19H18ClN. The van der Waals surface area contributed by atoms with Gasteiger partial charge in [-0.1, -0.05) is 55.5 Å². The summed E-state index contributed by atoms with van der Waals surface area (Å²) in [5.74, 6) is 0. The molecular weight excluding hydrogens is 278 g/mol. The summed E-state index contributed by atoms with van der Waals surface area (Å²) in [6.07, 6.45) is 1.14. The normalized spacial score (nSPS) is 11.1. The molecule has 1 N–H and O–H groups in total. The molecule has 0 fully saturated rings. The molecule has 0 unspecified atom stereocenters. The van der Waals surface area contributed by atoms with Crippen LogP contribution in [-0.4, -0.2) is 6.54 Å². The molecule has 0 saturated heterocycles. The summed E-state index contributed by atoms with van der Waals surface area (Å²) in [7, 11) is 0. The Kier molecular flexibility index (Phi) is 3.60. The second kappa shape index (κ2) is 5.42. The van der Waals surface area contributed by atoms with E-state index in [1.807, 2.05) is 0 Å². The summed E-state index contributed by atoms with van der Waals surface area (Å²) in [6.45, 7) is 3.22. The molecule has 0 atom stereocenters. The van der Waals surface area contributed by atoms with Gasteiger partial charge in [0.05, 0.1) is 0 Å². The van der Waals surface area contributed by atoms with Crippen molar-refractivity contribution in [3.05, 3.63) is 54.6 Å². The molecule has 0 aliphatic rings. The first-order chi connectivity index (χ1) is 9.88. The predicted molar refractivity (Wildman–Crippen MR) is 96.2 cm³/mol. The van der Waals surface area contributed by atoms with Gasteiger partial charge in [-0.2, -0.15) is 0 Å². The van der Waals surface area contributed by atoms with E-state index in [-0.39, 0.29) is 12.4 Å². The predicted octanol–water partition coefficient (Wildman–Crippen LogP) is 5.83. The van der Waals surface area contributed by atoms with Crippen LogP contribution in [0.1, 0.15) is 13.3 Å². The van der Waals surface area contributed by atoms with Crippen LogP contribution in [-0.2, 0) is 0 Å². The Morgan fingerprint density at radius 3 is 2.10 bits per heavy atom. The molecule has 0 heterocycles. The highest BCUT2D eigenvalue weighted by Crippen LogP contribution is 2.37. The van der Waals surface area contributed by atoms with Crippen LogP contribution in [0.3, 0.4) is 0 Å². The number of halogens is 1. The van der Waals surface area contributed by atoms with E-state index < -0.39 is 0 Å². The first-order valence-corrected chi connectivity index (χ1v) is 7.29. The molecule has 4 rings (SSSR count). The molecule has 21 heavy (non-hydrogen) atoms. The summed E-state index contributed by atoms with van der Waals surface area (Å²) >= 11 is 0. The molecule has 0 spiro atoms. The summed E-state index contributed by atoms with van der Waals surface area (Å²) in [5, 5.41) is 11.6. The Labute approximate surface area is 130 Å². The maximum Gasteiger partial charge on any atom is 0.0420 e. The van der Waals surface area contributed by atoms with E-state index in [2.05, 4.69) is 66.8 Å². The summed E-state index contributed by atoms with van der Waals surface area (Å²) in [6, 6.07) is 19.9. The monoisotopic (exact) mass is 295 g/mol. The molecule has 0 amide bonds. The van der Waals surface area contributed by atoms with Gasteiger partial charge in [0.1, 0.15) is 0 Å². The van der Waals surface area contributed by atoms with E-state index in [9.17, 15) is 0 Å². The lowest BCUT2D eigenvalue weighted by Crippen LogP contribution is -2.00. The Balaban J connectivity index is 0.00000132. The molecule has 2 heteroatoms. The lowest BCUT2D eigenvalue weighted by atomic mass is 9.93. The highest BCUT2D eigenvalue weighted by molar-refractivity contribution is 6.25. The van der Waals surface area contributed by atoms with Crippen LogP contribution in [0.4, 0.5) is 5.69 Å². The Morgan fingerprint density at radius 1 is 0.762 bits per heavy atom. The van der Waals surface area contributed by atoms with E-state index in [0.29, 0.717) is 0 Å². The van der Waals surface area contributed by atoms with E-state index in [1.54, 1.807) is 0 Å². The second-order valence-electron chi connectivity index (χ2n) is 5.40. The number of hydrogen-bond acceptors (Lipinski definition) is 1. The molecule has 4 aromatic rings. The average Bonchev–Trinajstić information content (AvgIpc) is 2.51. The van der Waals surface area contributed by atoms with Gasteiger partial charge in [-0.15, -0.1) is 12.4 Å². The van der Waals surface area contributed by atoms with Crippen molar-refractivity contribution in [2.75, 3.05) is 11.9 Å². The molecule has 0 aliphatic heterocycles. The number of rotatable bonds is 3. The SMILES string of the molecule is CCCNc1ccc2ccc3cccc4ccc1c2c34.Cl. The van der Waals surface area contributed by atoms with Crippen molar-refractivity contribution in [3.63, 3.8) is 0 Å². The smallest absolute Gasteiger partial charge is 0.0420 e. The molecule has 106 valence electrons. The van der Waals surface area contributed by atoms with Gasteiger partial charge in [0, 0.05) is 17.6 Å². The van der Waals surface area contributed by atoms with Crippen molar-refractivity contribution in [2.45, 2.75) is 13.3 Å². The van der Waals surface area contributed by atoms with Crippen LogP contribution in [0.15, 0.2) is 54.6 Å². The van der Waals surface area contributed by atoms with Crippen molar-refractivity contribution in [2.24, 2.45) is 0 Å². The molecule has 0 aromatic heterocycles. The van der Waals surface area contributed by atoms with Gasteiger partial charge in [0.15, 0.2) is 0 Å². The third kappa shape index (κ3) is 2.09. The molecule has 1 nitrogen and oxygen atoms in total. The van der Waals surface area contributed by atoms with Crippen molar-refractivity contribution in [1.82, 2.24) is 0 Å². The van der Waals surface area contributed by atoms with Gasteiger partial charge in [0.2, 0.25) is 0 Å². The van der Waals surface area contributed by atoms with Crippen LogP contribution in [0, 0.1) is 0 Å². The van der Waals surface area contributed by atoms with E-state index >= 15 is 0 Å². The third-order valence-electron chi connectivity index (χ3n) is 4.09. The number of anilines is 1. The Morgan fingerprint density at radius 2 is 1.38 bits per heavy atom. The van der Waals surface area contributed by atoms with Crippen LogP contribution in [0.25, 0.3) is 32.3 Å². The fourth-order valence-electron chi connectivity index (χ4n) is 3.15. The van der Waals surface area contributed by atoms with Crippen LogP contribution in [0.2, 0.25) is 0 Å². The zero-order chi connectivity index (χ0) is 13.5. The van der Waals surface area contributed by atoms with E-state index in [0.717, 1.165) is 13.0 Å². The number of benzene rings is 4. The maximum absolute atomic E-state index is 3.55. The zero-order valence-electron chi connectivity index (χ0n) is 12.0. The average molecular weight is 296 g/mol. The lowest BCUT2D eigenvalue weighted by molar-refractivity contribution is 0.982. The molecule has 0 saturated carbocycles. The third-order valence-corrected chi connectivity index (χ3v) is 4.09. The lowest BCUT2D eigenvalue weighted by Gasteiger charge is -2.14. The Hall–Kier alpha value is -1.99. The number of hydrogen-bond donors (Lipinski definition) is 1. The van der Waals surface area contributed by atoms with Gasteiger partial charge in [-0.25, -0.2) is 0 Å². The topological polar surface area (TPSA) is 12.0 Å². The van der Waals surface area contributed by atoms with Crippen LogP contribution >= 0.6 is 12.4 Å². The van der Waals surface area contributed by atoms with E-state index in [1.165, 1.54) is 38.0 Å². The summed E-state index contributed by atoms with van der Waals surface area (Å²) in [4.78, 5) is 0. The zero-order valence-corrected chi connectivity index (χ0v) is 12.8. The largest absolute Gasteiger partial charge is 0.385 e. The second-order valence-corrected chi connectivity index (χ2v) is 5.40. The van der Waals surface area contributed by atoms with Crippen molar-refractivity contribution < 1.29 is 0 Å². The highest BCUT2D eigenvalue weighted by Gasteiger charge is 2.09. The van der Waals surface area contributed by atoms with E-state index in [4.69, 9.17) is 0 Å². The minimum Gasteiger partial charge on any atom is -0.385 e. The summed E-state index contributed by atoms with van der Waals surface area (Å²) in [5.41, 5.74) is 1.25. The quantitative estimate of drug-likeness (QED) is 0.469. The van der Waals surface area contributed by atoms with Crippen molar-refractivity contribution in [1.29, 1.82) is 0 Å². The highest BCUT2D eigenvalue weighted by atomic mass is 35.5. The molecule has 0 bridgehead atoms. The van der Waals surface area contributed by atoms with Gasteiger partial charge in [-0.05, 0) is 39.4 Å². The minimum atomic E-state index is 0. The Bertz CT molecular complexity index is 882. The number of nitrogens with one attached hydrogen (secondary N) is 1. The fraction of sp³-hybridized carbons (Fsp3) is 0.158. The van der Waals surface area contributed by atoms with Crippen LogP contribution < -0.4 is 5.32 Å². The van der Waals surface area contributed by atoms with Gasteiger partial charge in [-0.3, -0.25) is 0 Å². The first-order valence-electron chi connectivity index (χ1n) is 7.29. The molecule has 0 aliphatic carbocycles. The van der Waals surface area contributed by atoms with Crippen molar-refractivity contribution >= 4 is 50.4 Å². The molecule has 0 radical (unpaired) electrons. The van der Waals surface area contributed by atoms with Crippen LogP contribution in [0.5, 0.6) is 0 Å². The first kappa shape index (κ1) is 14.0. The van der Waals surface area contributed by atoms with Gasteiger partial charge < -0.3 is 5.32 Å². The fourth-order valence-corrected chi connectivity index (χ4v) is 3.15. The summed E-state index contributed by atoms with van der Waals surface area (Å²) < 4.78 is 0. The standard InChI is InChI=1S/C19H17N.ClH/c1-2-12-20-17-11-9-15-7-6-13-4-3-5-14-8-10-16(17)19(15)18(13)14;/h3-11,20H,2,12H2,1H3;1H. The van der Waals surface area contributed by atoms with Gasteiger partial charge >= 0.3 is 0 Å². The molecule has 4 aromatic carbocycles.